The fraction of sp³-hybridized carbons (Fsp3) is 0.667. The van der Waals surface area contributed by atoms with E-state index in [1.807, 2.05) is 12.1 Å². The van der Waals surface area contributed by atoms with Crippen molar-refractivity contribution < 1.29 is 9.47 Å². The van der Waals surface area contributed by atoms with E-state index in [4.69, 9.17) is 15.2 Å². The number of anilines is 2. The molecule has 2 atom stereocenters. The van der Waals surface area contributed by atoms with Crippen molar-refractivity contribution in [1.29, 1.82) is 0 Å². The molecule has 0 spiro atoms. The van der Waals surface area contributed by atoms with Crippen LogP contribution in [0, 0.1) is 5.92 Å². The van der Waals surface area contributed by atoms with Crippen molar-refractivity contribution in [3.63, 3.8) is 0 Å². The summed E-state index contributed by atoms with van der Waals surface area (Å²) in [5.74, 6) is 1.72. The van der Waals surface area contributed by atoms with Crippen molar-refractivity contribution in [1.82, 2.24) is 4.98 Å². The molecule has 1 aliphatic heterocycles. The van der Waals surface area contributed by atoms with Gasteiger partial charge in [0.2, 0.25) is 5.88 Å². The van der Waals surface area contributed by atoms with Gasteiger partial charge in [-0.05, 0) is 37.8 Å². The first-order chi connectivity index (χ1) is 9.56. The van der Waals surface area contributed by atoms with Crippen LogP contribution < -0.4 is 15.8 Å². The van der Waals surface area contributed by atoms with E-state index in [0.717, 1.165) is 25.3 Å². The minimum atomic E-state index is 0.228. The predicted molar refractivity (Wildman–Crippen MR) is 81.0 cm³/mol. The standard InChI is InChI=1S/C15H25N3O2/c1-10(2)9-20-15-12(16)6-7-14(18-15)17-11(3)13-5-4-8-19-13/h6-7,10-11,13H,4-5,8-9,16H2,1-3H3,(H,17,18). The highest BCUT2D eigenvalue weighted by molar-refractivity contribution is 5.53. The Morgan fingerprint density at radius 2 is 2.25 bits per heavy atom. The molecule has 20 heavy (non-hydrogen) atoms. The Balaban J connectivity index is 1.98. The first kappa shape index (κ1) is 14.9. The van der Waals surface area contributed by atoms with E-state index in [0.29, 0.717) is 24.1 Å². The number of hydrogen-bond donors (Lipinski definition) is 2. The summed E-state index contributed by atoms with van der Waals surface area (Å²) in [6, 6.07) is 3.93. The third kappa shape index (κ3) is 4.00. The van der Waals surface area contributed by atoms with Crippen LogP contribution in [0.5, 0.6) is 5.88 Å². The van der Waals surface area contributed by atoms with Gasteiger partial charge in [0.05, 0.1) is 24.4 Å². The number of nitrogen functional groups attached to an aromatic ring is 1. The Labute approximate surface area is 120 Å². The van der Waals surface area contributed by atoms with Crippen molar-refractivity contribution in [3.8, 4) is 5.88 Å². The molecule has 1 aliphatic rings. The van der Waals surface area contributed by atoms with Crippen LogP contribution in [-0.2, 0) is 4.74 Å². The lowest BCUT2D eigenvalue weighted by molar-refractivity contribution is 0.0995. The van der Waals surface area contributed by atoms with Gasteiger partial charge < -0.3 is 20.5 Å². The molecule has 0 aliphatic carbocycles. The van der Waals surface area contributed by atoms with Crippen LogP contribution >= 0.6 is 0 Å². The van der Waals surface area contributed by atoms with Gasteiger partial charge in [0.1, 0.15) is 5.82 Å². The van der Waals surface area contributed by atoms with Gasteiger partial charge in [0.25, 0.3) is 0 Å². The number of aromatic nitrogens is 1. The summed E-state index contributed by atoms with van der Waals surface area (Å²) in [5.41, 5.74) is 6.46. The van der Waals surface area contributed by atoms with Crippen LogP contribution in [0.4, 0.5) is 11.5 Å². The number of hydrogen-bond acceptors (Lipinski definition) is 5. The van der Waals surface area contributed by atoms with Gasteiger partial charge >= 0.3 is 0 Å². The van der Waals surface area contributed by atoms with Gasteiger partial charge in [0.15, 0.2) is 0 Å². The fourth-order valence-electron chi connectivity index (χ4n) is 2.22. The van der Waals surface area contributed by atoms with Crippen LogP contribution in [0.15, 0.2) is 12.1 Å². The SMILES string of the molecule is CC(C)COc1nc(NC(C)C2CCCO2)ccc1N. The van der Waals surface area contributed by atoms with Crippen LogP contribution in [0.1, 0.15) is 33.6 Å². The largest absolute Gasteiger partial charge is 0.476 e. The zero-order valence-corrected chi connectivity index (χ0v) is 12.6. The maximum atomic E-state index is 5.89. The Morgan fingerprint density at radius 3 is 2.90 bits per heavy atom. The molecule has 0 saturated carbocycles. The highest BCUT2D eigenvalue weighted by Crippen LogP contribution is 2.23. The lowest BCUT2D eigenvalue weighted by Crippen LogP contribution is -2.30. The lowest BCUT2D eigenvalue weighted by Gasteiger charge is -2.21. The average molecular weight is 279 g/mol. The molecule has 2 heterocycles. The Morgan fingerprint density at radius 1 is 1.45 bits per heavy atom. The van der Waals surface area contributed by atoms with E-state index < -0.39 is 0 Å². The molecule has 5 nitrogen and oxygen atoms in total. The van der Waals surface area contributed by atoms with Crippen LogP contribution in [-0.4, -0.2) is 30.3 Å². The summed E-state index contributed by atoms with van der Waals surface area (Å²) in [7, 11) is 0. The molecule has 2 rings (SSSR count). The van der Waals surface area contributed by atoms with Gasteiger partial charge in [-0.15, -0.1) is 0 Å². The molecule has 0 amide bonds. The van der Waals surface area contributed by atoms with E-state index in [-0.39, 0.29) is 12.1 Å². The summed E-state index contributed by atoms with van der Waals surface area (Å²) in [6.07, 6.45) is 2.49. The minimum absolute atomic E-state index is 0.228. The molecule has 1 saturated heterocycles. The molecule has 0 radical (unpaired) electrons. The van der Waals surface area contributed by atoms with Crippen molar-refractivity contribution in [2.45, 2.75) is 45.8 Å². The van der Waals surface area contributed by atoms with Crippen molar-refractivity contribution in [2.24, 2.45) is 5.92 Å². The van der Waals surface area contributed by atoms with Gasteiger partial charge in [0, 0.05) is 6.61 Å². The van der Waals surface area contributed by atoms with E-state index in [9.17, 15) is 0 Å². The molecule has 0 aromatic carbocycles. The third-order valence-electron chi connectivity index (χ3n) is 3.34. The quantitative estimate of drug-likeness (QED) is 0.838. The normalized spacial score (nSPS) is 20.1. The van der Waals surface area contributed by atoms with Crippen LogP contribution in [0.25, 0.3) is 0 Å². The first-order valence-electron chi connectivity index (χ1n) is 7.33. The van der Waals surface area contributed by atoms with E-state index >= 15 is 0 Å². The summed E-state index contributed by atoms with van der Waals surface area (Å²) in [5, 5.41) is 3.37. The van der Waals surface area contributed by atoms with Gasteiger partial charge in [-0.3, -0.25) is 0 Å². The molecule has 2 unspecified atom stereocenters. The summed E-state index contributed by atoms with van der Waals surface area (Å²) in [4.78, 5) is 4.44. The maximum absolute atomic E-state index is 5.89. The molecule has 112 valence electrons. The van der Waals surface area contributed by atoms with Gasteiger partial charge in [-0.25, -0.2) is 0 Å². The number of ether oxygens (including phenoxy) is 2. The van der Waals surface area contributed by atoms with Crippen molar-refractivity contribution >= 4 is 11.5 Å². The van der Waals surface area contributed by atoms with Crippen LogP contribution in [0.3, 0.4) is 0 Å². The summed E-state index contributed by atoms with van der Waals surface area (Å²) in [6.45, 7) is 7.77. The summed E-state index contributed by atoms with van der Waals surface area (Å²) >= 11 is 0. The van der Waals surface area contributed by atoms with E-state index in [1.165, 1.54) is 0 Å². The third-order valence-corrected chi connectivity index (χ3v) is 3.34. The number of nitrogens with two attached hydrogens (primary N) is 1. The average Bonchev–Trinajstić information content (AvgIpc) is 2.93. The van der Waals surface area contributed by atoms with E-state index in [1.54, 1.807) is 0 Å². The zero-order valence-electron chi connectivity index (χ0n) is 12.6. The van der Waals surface area contributed by atoms with Crippen molar-refractivity contribution in [2.75, 3.05) is 24.3 Å². The Kier molecular flexibility index (Phi) is 5.06. The molecular weight excluding hydrogens is 254 g/mol. The first-order valence-corrected chi connectivity index (χ1v) is 7.33. The number of pyridine rings is 1. The second kappa shape index (κ2) is 6.79. The Bertz CT molecular complexity index is 431. The van der Waals surface area contributed by atoms with Gasteiger partial charge in [-0.2, -0.15) is 4.98 Å². The van der Waals surface area contributed by atoms with E-state index in [2.05, 4.69) is 31.1 Å². The molecular formula is C15H25N3O2. The number of nitrogens with one attached hydrogen (secondary N) is 1. The summed E-state index contributed by atoms with van der Waals surface area (Å²) < 4.78 is 11.3. The van der Waals surface area contributed by atoms with Crippen molar-refractivity contribution in [3.05, 3.63) is 12.1 Å². The fourth-order valence-corrected chi connectivity index (χ4v) is 2.22. The smallest absolute Gasteiger partial charge is 0.239 e. The zero-order chi connectivity index (χ0) is 14.5. The lowest BCUT2D eigenvalue weighted by atomic mass is 10.1. The molecule has 5 heteroatoms. The Hall–Kier alpha value is -1.49. The van der Waals surface area contributed by atoms with Crippen LogP contribution in [0.2, 0.25) is 0 Å². The molecule has 1 fully saturated rings. The molecule has 1 aromatic heterocycles. The maximum Gasteiger partial charge on any atom is 0.239 e. The predicted octanol–water partition coefficient (Wildman–Crippen LogP) is 2.68. The minimum Gasteiger partial charge on any atom is -0.476 e. The number of rotatable bonds is 6. The topological polar surface area (TPSA) is 69.4 Å². The second-order valence-electron chi connectivity index (χ2n) is 5.78. The molecule has 3 N–H and O–H groups in total. The highest BCUT2D eigenvalue weighted by atomic mass is 16.5. The monoisotopic (exact) mass is 279 g/mol. The number of nitrogens with zero attached hydrogens (tertiary/aromatic N) is 1. The molecule has 0 bridgehead atoms. The second-order valence-corrected chi connectivity index (χ2v) is 5.78. The van der Waals surface area contributed by atoms with Gasteiger partial charge in [-0.1, -0.05) is 13.8 Å². The highest BCUT2D eigenvalue weighted by Gasteiger charge is 2.22. The molecule has 1 aromatic rings.